The summed E-state index contributed by atoms with van der Waals surface area (Å²) in [7, 11) is 0. The third kappa shape index (κ3) is 4.25. The molecule has 26 heavy (non-hydrogen) atoms. The highest BCUT2D eigenvalue weighted by Crippen LogP contribution is 2.20. The third-order valence-electron chi connectivity index (χ3n) is 4.45. The van der Waals surface area contributed by atoms with Crippen LogP contribution in [0.5, 0.6) is 0 Å². The molecule has 6 heteroatoms. The number of anilines is 1. The second-order valence-electron chi connectivity index (χ2n) is 6.30. The number of nitriles is 1. The molecule has 1 aliphatic heterocycles. The van der Waals surface area contributed by atoms with Gasteiger partial charge in [0, 0.05) is 25.2 Å². The van der Waals surface area contributed by atoms with Crippen molar-refractivity contribution in [2.24, 2.45) is 5.92 Å². The van der Waals surface area contributed by atoms with Crippen LogP contribution in [0, 0.1) is 23.1 Å². The zero-order chi connectivity index (χ0) is 18.5. The van der Waals surface area contributed by atoms with Crippen LogP contribution in [-0.2, 0) is 16.0 Å². The lowest BCUT2D eigenvalue weighted by Crippen LogP contribution is -2.30. The summed E-state index contributed by atoms with van der Waals surface area (Å²) >= 11 is 0. The van der Waals surface area contributed by atoms with E-state index in [-0.39, 0.29) is 24.1 Å². The van der Waals surface area contributed by atoms with Crippen molar-refractivity contribution < 1.29 is 14.0 Å². The van der Waals surface area contributed by atoms with Gasteiger partial charge in [-0.25, -0.2) is 4.39 Å². The molecule has 1 heterocycles. The number of nitrogens with one attached hydrogen (secondary N) is 1. The van der Waals surface area contributed by atoms with Gasteiger partial charge < -0.3 is 10.2 Å². The van der Waals surface area contributed by atoms with Crippen molar-refractivity contribution in [1.29, 1.82) is 5.26 Å². The van der Waals surface area contributed by atoms with E-state index in [1.54, 1.807) is 41.3 Å². The fourth-order valence-electron chi connectivity index (χ4n) is 2.95. The normalized spacial score (nSPS) is 16.4. The Kier molecular flexibility index (Phi) is 5.28. The molecular formula is C20H18FN3O2. The lowest BCUT2D eigenvalue weighted by molar-refractivity contribution is -0.128. The molecule has 1 fully saturated rings. The highest BCUT2D eigenvalue weighted by molar-refractivity contribution is 5.97. The first-order valence-electron chi connectivity index (χ1n) is 8.38. The molecule has 2 aromatic rings. The average Bonchev–Trinajstić information content (AvgIpc) is 3.03. The molecule has 1 N–H and O–H groups in total. The van der Waals surface area contributed by atoms with Gasteiger partial charge in [-0.1, -0.05) is 12.1 Å². The number of carbonyl (C=O) groups excluding carboxylic acids is 2. The number of likely N-dealkylation sites (tertiary alicyclic amines) is 1. The molecular weight excluding hydrogens is 333 g/mol. The second-order valence-corrected chi connectivity index (χ2v) is 6.30. The smallest absolute Gasteiger partial charge is 0.229 e. The predicted octanol–water partition coefficient (Wildman–Crippen LogP) is 2.73. The lowest BCUT2D eigenvalue weighted by Gasteiger charge is -2.16. The fraction of sp³-hybridized carbons (Fsp3) is 0.250. The molecule has 0 unspecified atom stereocenters. The van der Waals surface area contributed by atoms with Crippen molar-refractivity contribution in [3.05, 3.63) is 65.5 Å². The van der Waals surface area contributed by atoms with Crippen LogP contribution in [0.25, 0.3) is 0 Å². The first kappa shape index (κ1) is 17.6. The average molecular weight is 351 g/mol. The van der Waals surface area contributed by atoms with E-state index < -0.39 is 5.92 Å². The van der Waals surface area contributed by atoms with Gasteiger partial charge in [0.2, 0.25) is 11.8 Å². The molecule has 1 aliphatic rings. The van der Waals surface area contributed by atoms with Crippen LogP contribution in [-0.4, -0.2) is 29.8 Å². The van der Waals surface area contributed by atoms with E-state index in [1.807, 2.05) is 6.07 Å². The number of hydrogen-bond donors (Lipinski definition) is 1. The molecule has 0 aromatic heterocycles. The van der Waals surface area contributed by atoms with E-state index in [2.05, 4.69) is 5.32 Å². The summed E-state index contributed by atoms with van der Waals surface area (Å²) in [5.74, 6) is -0.934. The van der Waals surface area contributed by atoms with E-state index >= 15 is 0 Å². The number of benzene rings is 2. The summed E-state index contributed by atoms with van der Waals surface area (Å²) in [6.45, 7) is 0.882. The molecule has 0 spiro atoms. The predicted molar refractivity (Wildman–Crippen MR) is 94.6 cm³/mol. The van der Waals surface area contributed by atoms with Gasteiger partial charge in [-0.2, -0.15) is 5.26 Å². The van der Waals surface area contributed by atoms with E-state index in [9.17, 15) is 14.0 Å². The Hall–Kier alpha value is -3.20. The highest BCUT2D eigenvalue weighted by atomic mass is 19.1. The number of nitrogens with zero attached hydrogens (tertiary/aromatic N) is 2. The number of rotatable bonds is 5. The maximum Gasteiger partial charge on any atom is 0.229 e. The Labute approximate surface area is 151 Å². The van der Waals surface area contributed by atoms with Crippen LogP contribution in [0.4, 0.5) is 10.1 Å². The topological polar surface area (TPSA) is 73.2 Å². The zero-order valence-electron chi connectivity index (χ0n) is 14.1. The highest BCUT2D eigenvalue weighted by Gasteiger charge is 2.33. The van der Waals surface area contributed by atoms with E-state index in [0.29, 0.717) is 30.8 Å². The van der Waals surface area contributed by atoms with Crippen molar-refractivity contribution in [2.75, 3.05) is 18.4 Å². The molecule has 1 saturated heterocycles. The van der Waals surface area contributed by atoms with Gasteiger partial charge in [0.05, 0.1) is 17.6 Å². The van der Waals surface area contributed by atoms with Gasteiger partial charge >= 0.3 is 0 Å². The fourth-order valence-corrected chi connectivity index (χ4v) is 2.95. The van der Waals surface area contributed by atoms with Crippen LogP contribution in [0.2, 0.25) is 0 Å². The lowest BCUT2D eigenvalue weighted by atomic mass is 10.1. The standard InChI is InChI=1S/C20H18FN3O2/c21-17-5-1-14(2-6-17)9-10-24-13-16(11-19(24)25)20(26)23-18-7-3-15(12-22)4-8-18/h1-8,16H,9-11,13H2,(H,23,26)/t16-/m1/s1. The maximum atomic E-state index is 12.9. The minimum atomic E-state index is -0.397. The zero-order valence-corrected chi connectivity index (χ0v) is 14.1. The summed E-state index contributed by atoms with van der Waals surface area (Å²) in [5, 5.41) is 11.6. The Morgan fingerprint density at radius 2 is 1.88 bits per heavy atom. The number of carbonyl (C=O) groups is 2. The number of halogens is 1. The van der Waals surface area contributed by atoms with Crippen LogP contribution in [0.15, 0.2) is 48.5 Å². The molecule has 132 valence electrons. The van der Waals surface area contributed by atoms with Crippen molar-refractivity contribution >= 4 is 17.5 Å². The van der Waals surface area contributed by atoms with E-state index in [0.717, 1.165) is 5.56 Å². The van der Waals surface area contributed by atoms with Gasteiger partial charge in [-0.15, -0.1) is 0 Å². The number of amides is 2. The van der Waals surface area contributed by atoms with Gasteiger partial charge in [-0.3, -0.25) is 9.59 Å². The maximum absolute atomic E-state index is 12.9. The van der Waals surface area contributed by atoms with Crippen LogP contribution in [0.3, 0.4) is 0 Å². The Morgan fingerprint density at radius 3 is 2.54 bits per heavy atom. The molecule has 3 rings (SSSR count). The van der Waals surface area contributed by atoms with E-state index in [4.69, 9.17) is 5.26 Å². The molecule has 5 nitrogen and oxygen atoms in total. The summed E-state index contributed by atoms with van der Waals surface area (Å²) in [6, 6.07) is 14.8. The molecule has 0 aliphatic carbocycles. The van der Waals surface area contributed by atoms with Gasteiger partial charge in [0.15, 0.2) is 0 Å². The first-order valence-corrected chi connectivity index (χ1v) is 8.38. The Balaban J connectivity index is 1.53. The monoisotopic (exact) mass is 351 g/mol. The number of hydrogen-bond acceptors (Lipinski definition) is 3. The summed E-state index contributed by atoms with van der Waals surface area (Å²) in [5.41, 5.74) is 2.07. The molecule has 2 aromatic carbocycles. The molecule has 1 atom stereocenters. The SMILES string of the molecule is N#Cc1ccc(NC(=O)[C@@H]2CC(=O)N(CCc3ccc(F)cc3)C2)cc1. The van der Waals surface area contributed by atoms with Crippen molar-refractivity contribution in [2.45, 2.75) is 12.8 Å². The minimum Gasteiger partial charge on any atom is -0.342 e. The minimum absolute atomic E-state index is 0.0490. The molecule has 0 bridgehead atoms. The molecule has 0 radical (unpaired) electrons. The van der Waals surface area contributed by atoms with Gasteiger partial charge in [0.25, 0.3) is 0 Å². The first-order chi connectivity index (χ1) is 12.5. The second kappa shape index (κ2) is 7.79. The summed E-state index contributed by atoms with van der Waals surface area (Å²) in [4.78, 5) is 26.2. The third-order valence-corrected chi connectivity index (χ3v) is 4.45. The van der Waals surface area contributed by atoms with E-state index in [1.165, 1.54) is 12.1 Å². The van der Waals surface area contributed by atoms with Crippen molar-refractivity contribution in [3.8, 4) is 6.07 Å². The van der Waals surface area contributed by atoms with Gasteiger partial charge in [-0.05, 0) is 48.4 Å². The summed E-state index contributed by atoms with van der Waals surface area (Å²) < 4.78 is 12.9. The Morgan fingerprint density at radius 1 is 1.19 bits per heavy atom. The van der Waals surface area contributed by atoms with Crippen LogP contribution < -0.4 is 5.32 Å². The van der Waals surface area contributed by atoms with Crippen LogP contribution >= 0.6 is 0 Å². The summed E-state index contributed by atoms with van der Waals surface area (Å²) in [6.07, 6.45) is 0.807. The molecule has 0 saturated carbocycles. The Bertz CT molecular complexity index is 841. The van der Waals surface area contributed by atoms with Crippen molar-refractivity contribution in [3.63, 3.8) is 0 Å². The quantitative estimate of drug-likeness (QED) is 0.900. The largest absolute Gasteiger partial charge is 0.342 e. The van der Waals surface area contributed by atoms with Gasteiger partial charge in [0.1, 0.15) is 5.82 Å². The van der Waals surface area contributed by atoms with Crippen LogP contribution in [0.1, 0.15) is 17.5 Å². The molecule has 2 amide bonds. The van der Waals surface area contributed by atoms with Crippen molar-refractivity contribution in [1.82, 2.24) is 4.90 Å².